The minimum atomic E-state index is -0.560. The Morgan fingerprint density at radius 2 is 2.07 bits per heavy atom. The Balaban J connectivity index is 2.31. The van der Waals surface area contributed by atoms with Crippen molar-refractivity contribution in [2.75, 3.05) is 0 Å². The molecule has 0 amide bonds. The van der Waals surface area contributed by atoms with E-state index in [4.69, 9.17) is 0 Å². The van der Waals surface area contributed by atoms with Gasteiger partial charge in [-0.2, -0.15) is 0 Å². The summed E-state index contributed by atoms with van der Waals surface area (Å²) in [4.78, 5) is 11.0. The quantitative estimate of drug-likeness (QED) is 0.721. The summed E-state index contributed by atoms with van der Waals surface area (Å²) in [5.41, 5.74) is 1.18. The molecule has 80 valence electrons. The van der Waals surface area contributed by atoms with Crippen LogP contribution in [-0.4, -0.2) is 17.0 Å². The van der Waals surface area contributed by atoms with E-state index >= 15 is 0 Å². The third-order valence-corrected chi connectivity index (χ3v) is 2.27. The van der Waals surface area contributed by atoms with E-state index in [0.717, 1.165) is 6.42 Å². The SMILES string of the molecule is C=CC(=O)CC(O)CCc1ccccc1. The Hall–Kier alpha value is -1.41. The van der Waals surface area contributed by atoms with Gasteiger partial charge in [-0.1, -0.05) is 36.9 Å². The first-order valence-electron chi connectivity index (χ1n) is 5.09. The van der Waals surface area contributed by atoms with Gasteiger partial charge in [0.05, 0.1) is 6.10 Å². The van der Waals surface area contributed by atoms with Gasteiger partial charge in [0.2, 0.25) is 0 Å². The molecular formula is C13H16O2. The number of carbonyl (C=O) groups is 1. The molecule has 1 aromatic rings. The van der Waals surface area contributed by atoms with Gasteiger partial charge >= 0.3 is 0 Å². The van der Waals surface area contributed by atoms with Crippen molar-refractivity contribution in [3.05, 3.63) is 48.6 Å². The lowest BCUT2D eigenvalue weighted by atomic mass is 10.0. The Morgan fingerprint density at radius 1 is 1.40 bits per heavy atom. The number of rotatable bonds is 6. The first kappa shape index (κ1) is 11.7. The van der Waals surface area contributed by atoms with Crippen LogP contribution in [0, 0.1) is 0 Å². The minimum Gasteiger partial charge on any atom is -0.393 e. The molecule has 0 aliphatic rings. The molecule has 0 bridgehead atoms. The molecule has 0 aliphatic heterocycles. The van der Waals surface area contributed by atoms with Gasteiger partial charge in [0, 0.05) is 6.42 Å². The van der Waals surface area contributed by atoms with E-state index in [1.807, 2.05) is 30.3 Å². The lowest BCUT2D eigenvalue weighted by Crippen LogP contribution is -2.12. The summed E-state index contributed by atoms with van der Waals surface area (Å²) in [5, 5.41) is 9.54. The highest BCUT2D eigenvalue weighted by molar-refractivity contribution is 5.89. The Bertz CT molecular complexity index is 317. The molecule has 1 N–H and O–H groups in total. The van der Waals surface area contributed by atoms with Crippen molar-refractivity contribution in [3.8, 4) is 0 Å². The number of aliphatic hydroxyl groups excluding tert-OH is 1. The second-order valence-electron chi connectivity index (χ2n) is 3.55. The van der Waals surface area contributed by atoms with Crippen LogP contribution in [0.5, 0.6) is 0 Å². The maximum absolute atomic E-state index is 11.0. The van der Waals surface area contributed by atoms with E-state index < -0.39 is 6.10 Å². The number of aryl methyl sites for hydroxylation is 1. The predicted molar refractivity (Wildman–Crippen MR) is 60.6 cm³/mol. The lowest BCUT2D eigenvalue weighted by molar-refractivity contribution is -0.116. The second kappa shape index (κ2) is 6.14. The number of aliphatic hydroxyl groups is 1. The molecule has 0 aromatic heterocycles. The zero-order valence-corrected chi connectivity index (χ0v) is 8.73. The van der Waals surface area contributed by atoms with Crippen LogP contribution in [0.3, 0.4) is 0 Å². The summed E-state index contributed by atoms with van der Waals surface area (Å²) in [5.74, 6) is -0.101. The van der Waals surface area contributed by atoms with Crippen LogP contribution in [-0.2, 0) is 11.2 Å². The van der Waals surface area contributed by atoms with Gasteiger partial charge in [0.15, 0.2) is 5.78 Å². The Labute approximate surface area is 90.3 Å². The molecule has 1 aromatic carbocycles. The van der Waals surface area contributed by atoms with Crippen molar-refractivity contribution in [2.45, 2.75) is 25.4 Å². The maximum atomic E-state index is 11.0. The maximum Gasteiger partial charge on any atom is 0.157 e. The monoisotopic (exact) mass is 204 g/mol. The molecule has 2 heteroatoms. The van der Waals surface area contributed by atoms with Gasteiger partial charge in [0.1, 0.15) is 0 Å². The number of ketones is 1. The summed E-state index contributed by atoms with van der Waals surface area (Å²) >= 11 is 0. The van der Waals surface area contributed by atoms with Crippen molar-refractivity contribution in [2.24, 2.45) is 0 Å². The van der Waals surface area contributed by atoms with Gasteiger partial charge in [-0.05, 0) is 24.5 Å². The first-order valence-corrected chi connectivity index (χ1v) is 5.09. The van der Waals surface area contributed by atoms with Crippen LogP contribution >= 0.6 is 0 Å². The van der Waals surface area contributed by atoms with Crippen LogP contribution in [0.1, 0.15) is 18.4 Å². The van der Waals surface area contributed by atoms with Gasteiger partial charge in [0.25, 0.3) is 0 Å². The van der Waals surface area contributed by atoms with E-state index in [-0.39, 0.29) is 12.2 Å². The van der Waals surface area contributed by atoms with Crippen molar-refractivity contribution < 1.29 is 9.90 Å². The van der Waals surface area contributed by atoms with E-state index in [0.29, 0.717) is 6.42 Å². The van der Waals surface area contributed by atoms with E-state index in [2.05, 4.69) is 6.58 Å². The molecular weight excluding hydrogens is 188 g/mol. The fourth-order valence-electron chi connectivity index (χ4n) is 1.40. The number of allylic oxidation sites excluding steroid dienone is 1. The van der Waals surface area contributed by atoms with E-state index in [9.17, 15) is 9.90 Å². The molecule has 1 rings (SSSR count). The van der Waals surface area contributed by atoms with Gasteiger partial charge in [-0.3, -0.25) is 4.79 Å². The Morgan fingerprint density at radius 3 is 2.67 bits per heavy atom. The molecule has 1 unspecified atom stereocenters. The number of benzene rings is 1. The predicted octanol–water partition coefficient (Wildman–Crippen LogP) is 2.13. The summed E-state index contributed by atoms with van der Waals surface area (Å²) < 4.78 is 0. The molecule has 15 heavy (non-hydrogen) atoms. The van der Waals surface area contributed by atoms with Crippen LogP contribution < -0.4 is 0 Å². The largest absolute Gasteiger partial charge is 0.393 e. The first-order chi connectivity index (χ1) is 7.22. The third-order valence-electron chi connectivity index (χ3n) is 2.27. The molecule has 1 atom stereocenters. The highest BCUT2D eigenvalue weighted by Crippen LogP contribution is 2.07. The molecule has 0 saturated carbocycles. The standard InChI is InChI=1S/C13H16O2/c1-2-12(14)10-13(15)9-8-11-6-4-3-5-7-11/h2-7,13,15H,1,8-10H2. The van der Waals surface area contributed by atoms with E-state index in [1.54, 1.807) is 0 Å². The number of hydrogen-bond acceptors (Lipinski definition) is 2. The van der Waals surface area contributed by atoms with Crippen LogP contribution in [0.15, 0.2) is 43.0 Å². The van der Waals surface area contributed by atoms with Crippen LogP contribution in [0.4, 0.5) is 0 Å². The van der Waals surface area contributed by atoms with E-state index in [1.165, 1.54) is 11.6 Å². The Kier molecular flexibility index (Phi) is 4.78. The van der Waals surface area contributed by atoms with Crippen molar-refractivity contribution in [3.63, 3.8) is 0 Å². The summed E-state index contributed by atoms with van der Waals surface area (Å²) in [7, 11) is 0. The van der Waals surface area contributed by atoms with Crippen LogP contribution in [0.25, 0.3) is 0 Å². The molecule has 0 fully saturated rings. The summed E-state index contributed by atoms with van der Waals surface area (Å²) in [6, 6.07) is 9.93. The average molecular weight is 204 g/mol. The van der Waals surface area contributed by atoms with Crippen molar-refractivity contribution in [1.82, 2.24) is 0 Å². The van der Waals surface area contributed by atoms with Gasteiger partial charge < -0.3 is 5.11 Å². The second-order valence-corrected chi connectivity index (χ2v) is 3.55. The normalized spacial score (nSPS) is 12.1. The smallest absolute Gasteiger partial charge is 0.157 e. The molecule has 0 aliphatic carbocycles. The highest BCUT2D eigenvalue weighted by Gasteiger charge is 2.07. The fourth-order valence-corrected chi connectivity index (χ4v) is 1.40. The lowest BCUT2D eigenvalue weighted by Gasteiger charge is -2.07. The molecule has 0 saturated heterocycles. The summed E-state index contributed by atoms with van der Waals surface area (Å²) in [6.07, 6.45) is 2.29. The number of hydrogen-bond donors (Lipinski definition) is 1. The highest BCUT2D eigenvalue weighted by atomic mass is 16.3. The zero-order valence-electron chi connectivity index (χ0n) is 8.73. The van der Waals surface area contributed by atoms with Gasteiger partial charge in [-0.25, -0.2) is 0 Å². The topological polar surface area (TPSA) is 37.3 Å². The third kappa shape index (κ3) is 4.56. The number of carbonyl (C=O) groups excluding carboxylic acids is 1. The molecule has 0 spiro atoms. The fraction of sp³-hybridized carbons (Fsp3) is 0.308. The van der Waals surface area contributed by atoms with Gasteiger partial charge in [-0.15, -0.1) is 0 Å². The van der Waals surface area contributed by atoms with Crippen molar-refractivity contribution in [1.29, 1.82) is 0 Å². The van der Waals surface area contributed by atoms with Crippen molar-refractivity contribution >= 4 is 5.78 Å². The average Bonchev–Trinajstić information content (AvgIpc) is 2.27. The van der Waals surface area contributed by atoms with Crippen LogP contribution in [0.2, 0.25) is 0 Å². The molecule has 0 radical (unpaired) electrons. The summed E-state index contributed by atoms with van der Waals surface area (Å²) in [6.45, 7) is 3.37. The molecule has 2 nitrogen and oxygen atoms in total. The molecule has 0 heterocycles. The minimum absolute atomic E-state index is 0.101. The zero-order chi connectivity index (χ0) is 11.1.